The minimum Gasteiger partial charge on any atom is 0 e. The summed E-state index contributed by atoms with van der Waals surface area (Å²) in [4.78, 5) is 0. The monoisotopic (exact) mass is 382 g/mol. The second-order valence-corrected chi connectivity index (χ2v) is 0. The van der Waals surface area contributed by atoms with Crippen LogP contribution < -0.4 is 0 Å². The Morgan fingerprint density at radius 1 is 1.20 bits per heavy atom. The molecule has 1 atom stereocenters. The van der Waals surface area contributed by atoms with E-state index in [9.17, 15) is 0 Å². The van der Waals surface area contributed by atoms with Crippen molar-refractivity contribution < 1.29 is 65.1 Å². The van der Waals surface area contributed by atoms with Gasteiger partial charge in [-0.3, -0.25) is 0 Å². The van der Waals surface area contributed by atoms with E-state index in [0.717, 1.165) is 0 Å². The zero-order valence-corrected chi connectivity index (χ0v) is 10.1. The summed E-state index contributed by atoms with van der Waals surface area (Å²) in [5, 5.41) is 0. The van der Waals surface area contributed by atoms with Crippen molar-refractivity contribution in [2.45, 2.75) is 0 Å². The van der Waals surface area contributed by atoms with Crippen molar-refractivity contribution in [1.82, 2.24) is 0 Å². The van der Waals surface area contributed by atoms with E-state index in [1.165, 1.54) is 0 Å². The number of rotatable bonds is 0. The fourth-order valence-corrected chi connectivity index (χ4v) is 0. The van der Waals surface area contributed by atoms with E-state index >= 15 is 0 Å². The van der Waals surface area contributed by atoms with E-state index in [1.54, 1.807) is 0 Å². The summed E-state index contributed by atoms with van der Waals surface area (Å²) in [7, 11) is 0. The molecule has 0 rings (SSSR count). The quantitative estimate of drug-likeness (QED) is 0.423. The minimum atomic E-state index is 0. The third-order valence-corrected chi connectivity index (χ3v) is 0. The van der Waals surface area contributed by atoms with Crippen LogP contribution in [0.1, 0.15) is 0 Å². The Labute approximate surface area is 74.1 Å². The summed E-state index contributed by atoms with van der Waals surface area (Å²) in [6.45, 7) is 0. The Bertz CT molecular complexity index is 11.6. The summed E-state index contributed by atoms with van der Waals surface area (Å²) in [5.74, 6) is 0. The topological polar surface area (TPSA) is 17.1 Å². The van der Waals surface area contributed by atoms with Gasteiger partial charge in [0.1, 0.15) is 0 Å². The van der Waals surface area contributed by atoms with Gasteiger partial charge in [0.05, 0.1) is 0 Å². The van der Waals surface area contributed by atoms with Crippen LogP contribution in [-0.4, -0.2) is 0 Å². The number of hydrogen-bond donors (Lipinski definition) is 0. The molecule has 0 heterocycles. The van der Waals surface area contributed by atoms with E-state index in [-0.39, 0.29) is 47.5 Å². The molecule has 0 saturated carbocycles. The molecule has 5 heteroatoms. The Morgan fingerprint density at radius 3 is 1.20 bits per heavy atom. The predicted octanol–water partition coefficient (Wildman–Crippen LogP) is -0.0682. The van der Waals surface area contributed by atoms with E-state index in [2.05, 4.69) is 0 Å². The van der Waals surface area contributed by atoms with Gasteiger partial charge in [0.2, 0.25) is 0 Å². The first-order valence-electron chi connectivity index (χ1n) is 0.204. The van der Waals surface area contributed by atoms with Gasteiger partial charge in [0, 0.05) is 37.6 Å². The Balaban J connectivity index is -0.00000000167. The maximum absolute atomic E-state index is 8.34. The van der Waals surface area contributed by atoms with Crippen LogP contribution in [0.5, 0.6) is 0 Å². The van der Waals surface area contributed by atoms with Gasteiger partial charge < -0.3 is 0 Å². The Morgan fingerprint density at radius 2 is 1.20 bits per heavy atom. The average molecular weight is 384 g/mol. The van der Waals surface area contributed by atoms with Crippen LogP contribution in [-0.2, 0) is 65.1 Å². The van der Waals surface area contributed by atoms with Crippen molar-refractivity contribution in [3.05, 3.63) is 0 Å². The molecule has 0 radical (unpaired) electrons. The van der Waals surface area contributed by atoms with Gasteiger partial charge in [0.15, 0.2) is 0 Å². The van der Waals surface area contributed by atoms with Crippen molar-refractivity contribution in [2.75, 3.05) is 0 Å². The standard InChI is InChI=1S/Ni.O.H3P.W.Zr/h;;1H3;;. The fourth-order valence-electron chi connectivity index (χ4n) is 0. The van der Waals surface area contributed by atoms with E-state index in [4.69, 9.17) is 2.81 Å². The molecule has 0 aromatic carbocycles. The van der Waals surface area contributed by atoms with Gasteiger partial charge in [-0.1, -0.05) is 0 Å². The molecule has 34 valence electrons. The fraction of sp³-hybridized carbons (Fsp3) is 0. The molecule has 0 N–H and O–H groups in total. The van der Waals surface area contributed by atoms with Crippen LogP contribution >= 0.6 is 9.90 Å². The van der Waals surface area contributed by atoms with E-state index in [0.29, 0.717) is 24.7 Å². The third-order valence-electron chi connectivity index (χ3n) is 0. The average Bonchev–Trinajstić information content (AvgIpc) is 1.00. The van der Waals surface area contributed by atoms with Crippen molar-refractivity contribution in [3.63, 3.8) is 0 Å². The van der Waals surface area contributed by atoms with Crippen LogP contribution in [0.3, 0.4) is 0 Å². The van der Waals surface area contributed by atoms with Gasteiger partial charge in [-0.25, -0.2) is 0 Å². The zero-order chi connectivity index (χ0) is 2.00. The molecular weight excluding hydrogens is 381 g/mol. The van der Waals surface area contributed by atoms with Crippen LogP contribution in [0, 0.1) is 0 Å². The predicted molar refractivity (Wildman–Crippen MR) is 11.8 cm³/mol. The summed E-state index contributed by atoms with van der Waals surface area (Å²) in [5.41, 5.74) is 0. The van der Waals surface area contributed by atoms with Gasteiger partial charge in [-0.2, -0.15) is 9.90 Å². The molecule has 0 aliphatic rings. The largest absolute Gasteiger partial charge is 0 e. The van der Waals surface area contributed by atoms with E-state index < -0.39 is 0 Å². The van der Waals surface area contributed by atoms with Crippen LogP contribution in [0.4, 0.5) is 0 Å². The maximum atomic E-state index is 8.34. The molecule has 1 unspecified atom stereocenters. The van der Waals surface area contributed by atoms with Gasteiger partial charge >= 0.3 is 27.5 Å². The smallest absolute Gasteiger partial charge is 0 e. The second-order valence-electron chi connectivity index (χ2n) is 0. The van der Waals surface area contributed by atoms with Gasteiger partial charge in [-0.05, 0) is 0 Å². The van der Waals surface area contributed by atoms with Gasteiger partial charge in [0.25, 0.3) is 0 Å². The molecule has 1 nitrogen and oxygen atoms in total. The Hall–Kier alpha value is 2.29. The summed E-state index contributed by atoms with van der Waals surface area (Å²) >= 11 is 0.300. The van der Waals surface area contributed by atoms with Crippen molar-refractivity contribution in [3.8, 4) is 0 Å². The first-order valence-corrected chi connectivity index (χ1v) is 1.21. The molecule has 0 spiro atoms. The van der Waals surface area contributed by atoms with Crippen LogP contribution in [0.25, 0.3) is 0 Å². The number of hydrogen-bond acceptors (Lipinski definition) is 1. The molecule has 0 amide bonds. The molecule has 0 aromatic heterocycles. The minimum absolute atomic E-state index is 0. The second kappa shape index (κ2) is 33.5. The first kappa shape index (κ1) is 26.6. The van der Waals surface area contributed by atoms with Crippen LogP contribution in [0.15, 0.2) is 0 Å². The summed E-state index contributed by atoms with van der Waals surface area (Å²) in [6, 6.07) is 0. The van der Waals surface area contributed by atoms with Crippen molar-refractivity contribution in [2.24, 2.45) is 0 Å². The molecule has 5 heavy (non-hydrogen) atoms. The molecule has 0 saturated heterocycles. The molecular formula is H3NiOPWZr. The normalized spacial score (nSPS) is 0.600. The first-order chi connectivity index (χ1) is 1.00. The summed E-state index contributed by atoms with van der Waals surface area (Å²) < 4.78 is 8.34. The molecule has 0 fully saturated rings. The third kappa shape index (κ3) is 22.0. The molecule has 0 aromatic rings. The molecule has 0 aliphatic carbocycles. The van der Waals surface area contributed by atoms with Crippen molar-refractivity contribution >= 4 is 9.90 Å². The Kier molecular flexibility index (Phi) is 178. The van der Waals surface area contributed by atoms with E-state index in [1.807, 2.05) is 0 Å². The van der Waals surface area contributed by atoms with Crippen LogP contribution in [0.2, 0.25) is 0 Å². The van der Waals surface area contributed by atoms with Gasteiger partial charge in [-0.15, -0.1) is 0 Å². The summed E-state index contributed by atoms with van der Waals surface area (Å²) in [6.07, 6.45) is 0. The molecule has 0 aliphatic heterocycles. The zero-order valence-electron chi connectivity index (χ0n) is 2.34. The molecule has 0 bridgehead atoms. The van der Waals surface area contributed by atoms with Crippen molar-refractivity contribution in [1.29, 1.82) is 0 Å². The SMILES string of the molecule is P.[Ni].[O]=[Zr].[W]. The maximum Gasteiger partial charge on any atom is 0 e.